The highest BCUT2D eigenvalue weighted by Crippen LogP contribution is 2.37. The van der Waals surface area contributed by atoms with Crippen molar-refractivity contribution in [2.45, 2.75) is 26.4 Å². The number of nitrogens with zero attached hydrogens (tertiary/aromatic N) is 1. The maximum Gasteiger partial charge on any atom is 0.337 e. The van der Waals surface area contributed by atoms with Gasteiger partial charge in [0.1, 0.15) is 0 Å². The van der Waals surface area contributed by atoms with Gasteiger partial charge in [-0.05, 0) is 30.9 Å². The SMILES string of the molecule is Cc1cc(=O)oc2c1C(C)N(Cc1cccs1)N2. The van der Waals surface area contributed by atoms with Gasteiger partial charge in [0.25, 0.3) is 0 Å². The molecule has 0 fully saturated rings. The first-order valence-electron chi connectivity index (χ1n) is 5.85. The third-order valence-electron chi connectivity index (χ3n) is 3.24. The van der Waals surface area contributed by atoms with E-state index in [4.69, 9.17) is 4.42 Å². The van der Waals surface area contributed by atoms with Gasteiger partial charge in [-0.25, -0.2) is 9.80 Å². The van der Waals surface area contributed by atoms with E-state index in [0.29, 0.717) is 5.88 Å². The summed E-state index contributed by atoms with van der Waals surface area (Å²) in [4.78, 5) is 12.6. The molecule has 1 aliphatic rings. The Bertz CT molecular complexity index is 618. The van der Waals surface area contributed by atoms with E-state index in [1.165, 1.54) is 4.88 Å². The third-order valence-corrected chi connectivity index (χ3v) is 4.10. The molecule has 0 aliphatic carbocycles. The van der Waals surface area contributed by atoms with E-state index in [-0.39, 0.29) is 11.7 Å². The van der Waals surface area contributed by atoms with Crippen LogP contribution < -0.4 is 11.1 Å². The number of rotatable bonds is 2. The molecule has 2 aromatic rings. The van der Waals surface area contributed by atoms with E-state index in [1.807, 2.05) is 13.0 Å². The average Bonchev–Trinajstić information content (AvgIpc) is 2.88. The van der Waals surface area contributed by atoms with Crippen molar-refractivity contribution in [3.63, 3.8) is 0 Å². The fraction of sp³-hybridized carbons (Fsp3) is 0.308. The first kappa shape index (κ1) is 11.5. The topological polar surface area (TPSA) is 45.5 Å². The van der Waals surface area contributed by atoms with Gasteiger partial charge >= 0.3 is 5.63 Å². The Morgan fingerprint density at radius 3 is 3.11 bits per heavy atom. The monoisotopic (exact) mass is 262 g/mol. The Labute approximate surface area is 109 Å². The second-order valence-corrected chi connectivity index (χ2v) is 5.52. The van der Waals surface area contributed by atoms with Gasteiger partial charge in [0.05, 0.1) is 12.6 Å². The van der Waals surface area contributed by atoms with Crippen LogP contribution in [0.15, 0.2) is 32.8 Å². The molecule has 0 spiro atoms. The summed E-state index contributed by atoms with van der Waals surface area (Å²) in [6.07, 6.45) is 0. The summed E-state index contributed by atoms with van der Waals surface area (Å²) in [6.45, 7) is 4.86. The number of aryl methyl sites for hydroxylation is 1. The predicted molar refractivity (Wildman–Crippen MR) is 71.6 cm³/mol. The van der Waals surface area contributed by atoms with Crippen LogP contribution in [-0.2, 0) is 6.54 Å². The molecule has 94 valence electrons. The lowest BCUT2D eigenvalue weighted by Crippen LogP contribution is -2.25. The van der Waals surface area contributed by atoms with Crippen molar-refractivity contribution in [2.75, 3.05) is 5.43 Å². The number of fused-ring (bicyclic) bond motifs is 1. The molecule has 0 radical (unpaired) electrons. The minimum absolute atomic E-state index is 0.200. The van der Waals surface area contributed by atoms with Crippen molar-refractivity contribution in [1.29, 1.82) is 0 Å². The first-order chi connectivity index (χ1) is 8.65. The molecule has 0 saturated heterocycles. The number of nitrogens with one attached hydrogen (secondary N) is 1. The Kier molecular flexibility index (Phi) is 2.72. The first-order valence-corrected chi connectivity index (χ1v) is 6.73. The van der Waals surface area contributed by atoms with Crippen LogP contribution in [0.2, 0.25) is 0 Å². The highest BCUT2D eigenvalue weighted by atomic mass is 32.1. The lowest BCUT2D eigenvalue weighted by Gasteiger charge is -2.20. The van der Waals surface area contributed by atoms with Crippen LogP contribution >= 0.6 is 11.3 Å². The van der Waals surface area contributed by atoms with Gasteiger partial charge in [0.2, 0.25) is 5.88 Å². The lowest BCUT2D eigenvalue weighted by molar-refractivity contribution is 0.270. The minimum atomic E-state index is -0.302. The molecular formula is C13H14N2O2S. The van der Waals surface area contributed by atoms with Gasteiger partial charge in [0.15, 0.2) is 0 Å². The third kappa shape index (κ3) is 1.85. The number of hydrogen-bond donors (Lipinski definition) is 1. The molecule has 5 heteroatoms. The molecule has 3 heterocycles. The molecule has 2 aromatic heterocycles. The summed E-state index contributed by atoms with van der Waals surface area (Å²) < 4.78 is 5.22. The van der Waals surface area contributed by atoms with Crippen molar-refractivity contribution in [3.05, 3.63) is 50.0 Å². The Hall–Kier alpha value is -1.59. The maximum absolute atomic E-state index is 11.4. The molecule has 0 saturated carbocycles. The van der Waals surface area contributed by atoms with Crippen LogP contribution in [0.4, 0.5) is 5.88 Å². The Morgan fingerprint density at radius 2 is 2.39 bits per heavy atom. The van der Waals surface area contributed by atoms with E-state index in [0.717, 1.165) is 17.7 Å². The number of hydrazine groups is 1. The molecular weight excluding hydrogens is 248 g/mol. The summed E-state index contributed by atoms with van der Waals surface area (Å²) in [5.41, 5.74) is 4.93. The molecule has 1 atom stereocenters. The standard InChI is InChI=1S/C13H14N2O2S/c1-8-6-11(16)17-13-12(8)9(2)15(14-13)7-10-4-3-5-18-10/h3-6,9,14H,7H2,1-2H3. The van der Waals surface area contributed by atoms with E-state index in [1.54, 1.807) is 17.4 Å². The predicted octanol–water partition coefficient (Wildman–Crippen LogP) is 2.91. The second-order valence-electron chi connectivity index (χ2n) is 4.49. The van der Waals surface area contributed by atoms with Crippen LogP contribution in [0.25, 0.3) is 0 Å². The van der Waals surface area contributed by atoms with Gasteiger partial charge in [-0.2, -0.15) is 0 Å². The van der Waals surface area contributed by atoms with Crippen molar-refractivity contribution in [2.24, 2.45) is 0 Å². The summed E-state index contributed by atoms with van der Waals surface area (Å²) in [5.74, 6) is 0.587. The van der Waals surface area contributed by atoms with Crippen LogP contribution in [0.1, 0.15) is 29.0 Å². The fourth-order valence-corrected chi connectivity index (χ4v) is 3.05. The van der Waals surface area contributed by atoms with Crippen molar-refractivity contribution in [1.82, 2.24) is 5.01 Å². The fourth-order valence-electron chi connectivity index (χ4n) is 2.35. The van der Waals surface area contributed by atoms with Crippen LogP contribution in [0, 0.1) is 6.92 Å². The smallest absolute Gasteiger partial charge is 0.337 e. The number of hydrogen-bond acceptors (Lipinski definition) is 5. The van der Waals surface area contributed by atoms with Gasteiger partial charge < -0.3 is 4.42 Å². The Morgan fingerprint density at radius 1 is 1.56 bits per heavy atom. The molecule has 0 bridgehead atoms. The largest absolute Gasteiger partial charge is 0.405 e. The van der Waals surface area contributed by atoms with E-state index < -0.39 is 0 Å². The summed E-state index contributed by atoms with van der Waals surface area (Å²) in [7, 11) is 0. The van der Waals surface area contributed by atoms with E-state index in [9.17, 15) is 4.79 Å². The molecule has 4 nitrogen and oxygen atoms in total. The molecule has 1 unspecified atom stereocenters. The lowest BCUT2D eigenvalue weighted by atomic mass is 10.1. The summed E-state index contributed by atoms with van der Waals surface area (Å²) in [6, 6.07) is 5.89. The molecule has 1 aliphatic heterocycles. The average molecular weight is 262 g/mol. The molecule has 1 N–H and O–H groups in total. The van der Waals surface area contributed by atoms with Gasteiger partial charge in [-0.1, -0.05) is 6.07 Å². The number of thiophene rings is 1. The molecule has 18 heavy (non-hydrogen) atoms. The minimum Gasteiger partial charge on any atom is -0.405 e. The Balaban J connectivity index is 1.91. The number of anilines is 1. The van der Waals surface area contributed by atoms with Crippen molar-refractivity contribution in [3.8, 4) is 0 Å². The zero-order chi connectivity index (χ0) is 12.7. The zero-order valence-electron chi connectivity index (χ0n) is 10.3. The summed E-state index contributed by atoms with van der Waals surface area (Å²) >= 11 is 1.72. The molecule has 0 aromatic carbocycles. The van der Waals surface area contributed by atoms with Crippen LogP contribution in [0.3, 0.4) is 0 Å². The second kappa shape index (κ2) is 4.26. The van der Waals surface area contributed by atoms with Gasteiger partial charge in [-0.3, -0.25) is 5.43 Å². The molecule has 3 rings (SSSR count). The summed E-state index contributed by atoms with van der Waals surface area (Å²) in [5, 5.41) is 4.15. The highest BCUT2D eigenvalue weighted by molar-refractivity contribution is 7.09. The highest BCUT2D eigenvalue weighted by Gasteiger charge is 2.30. The maximum atomic E-state index is 11.4. The van der Waals surface area contributed by atoms with Gasteiger partial charge in [-0.15, -0.1) is 11.3 Å². The van der Waals surface area contributed by atoms with E-state index >= 15 is 0 Å². The normalized spacial score (nSPS) is 18.7. The molecule has 0 amide bonds. The quantitative estimate of drug-likeness (QED) is 0.904. The van der Waals surface area contributed by atoms with Crippen molar-refractivity contribution < 1.29 is 4.42 Å². The van der Waals surface area contributed by atoms with Crippen LogP contribution in [0.5, 0.6) is 0 Å². The van der Waals surface area contributed by atoms with Gasteiger partial charge in [0, 0.05) is 16.5 Å². The van der Waals surface area contributed by atoms with Crippen LogP contribution in [-0.4, -0.2) is 5.01 Å². The zero-order valence-corrected chi connectivity index (χ0v) is 11.1. The van der Waals surface area contributed by atoms with Crippen molar-refractivity contribution >= 4 is 17.2 Å². The van der Waals surface area contributed by atoms with E-state index in [2.05, 4.69) is 28.8 Å².